The molecule has 1 unspecified atom stereocenters. The molecule has 7 heteroatoms. The summed E-state index contributed by atoms with van der Waals surface area (Å²) in [6.07, 6.45) is 0.0637. The number of benzene rings is 1. The summed E-state index contributed by atoms with van der Waals surface area (Å²) in [5.74, 6) is 0.717. The fourth-order valence-corrected chi connectivity index (χ4v) is 3.18. The van der Waals surface area contributed by atoms with Gasteiger partial charge in [-0.05, 0) is 37.1 Å². The van der Waals surface area contributed by atoms with Gasteiger partial charge in [0.15, 0.2) is 0 Å². The summed E-state index contributed by atoms with van der Waals surface area (Å²) in [5.41, 5.74) is 2.70. The van der Waals surface area contributed by atoms with Gasteiger partial charge in [0.05, 0.1) is 23.0 Å². The van der Waals surface area contributed by atoms with E-state index in [1.165, 1.54) is 0 Å². The molecule has 1 aromatic heterocycles. The van der Waals surface area contributed by atoms with Crippen LogP contribution in [0.1, 0.15) is 29.5 Å². The number of rotatable bonds is 6. The molecule has 0 saturated carbocycles. The molecule has 2 aromatic rings. The molecule has 136 valence electrons. The minimum absolute atomic E-state index is 0.314. The summed E-state index contributed by atoms with van der Waals surface area (Å²) in [5, 5.41) is 23.9. The van der Waals surface area contributed by atoms with Crippen LogP contribution in [0.3, 0.4) is 0 Å². The third-order valence-electron chi connectivity index (χ3n) is 4.38. The number of aryl methyl sites for hydroxylation is 2. The maximum Gasteiger partial charge on any atom is 0.138 e. The summed E-state index contributed by atoms with van der Waals surface area (Å²) in [4.78, 5) is 2.30. The number of halogens is 1. The van der Waals surface area contributed by atoms with Gasteiger partial charge in [0.2, 0.25) is 0 Å². The van der Waals surface area contributed by atoms with Crippen LogP contribution in [-0.2, 0) is 13.1 Å². The van der Waals surface area contributed by atoms with E-state index in [9.17, 15) is 5.11 Å². The van der Waals surface area contributed by atoms with E-state index in [0.29, 0.717) is 17.3 Å². The van der Waals surface area contributed by atoms with Crippen LogP contribution in [0.4, 0.5) is 0 Å². The third kappa shape index (κ3) is 4.52. The smallest absolute Gasteiger partial charge is 0.138 e. The first-order valence-electron chi connectivity index (χ1n) is 8.53. The summed E-state index contributed by atoms with van der Waals surface area (Å²) in [6.45, 7) is 5.57. The number of aliphatic hydroxyl groups excluding tert-OH is 2. The highest BCUT2D eigenvalue weighted by Gasteiger charge is 2.19. The zero-order chi connectivity index (χ0) is 17.8. The fourth-order valence-electron chi connectivity index (χ4n) is 3.00. The molecule has 3 rings (SSSR count). The second kappa shape index (κ2) is 8.19. The fraction of sp³-hybridized carbons (Fsp3) is 0.500. The quantitative estimate of drug-likeness (QED) is 0.820. The minimum Gasteiger partial charge on any atom is -0.491 e. The van der Waals surface area contributed by atoms with Crippen molar-refractivity contribution < 1.29 is 14.9 Å². The van der Waals surface area contributed by atoms with Crippen LogP contribution in [0.15, 0.2) is 24.3 Å². The average Bonchev–Trinajstić information content (AvgIpc) is 2.90. The lowest BCUT2D eigenvalue weighted by Gasteiger charge is -2.20. The molecule has 1 aromatic carbocycles. The molecule has 25 heavy (non-hydrogen) atoms. The number of aromatic nitrogens is 2. The Hall–Kier alpha value is -1.60. The lowest BCUT2D eigenvalue weighted by Crippen LogP contribution is -2.28. The van der Waals surface area contributed by atoms with Crippen molar-refractivity contribution in [2.24, 2.45) is 0 Å². The van der Waals surface area contributed by atoms with Crippen molar-refractivity contribution >= 4 is 11.6 Å². The van der Waals surface area contributed by atoms with Gasteiger partial charge in [-0.15, -0.1) is 0 Å². The third-order valence-corrected chi connectivity index (χ3v) is 4.69. The van der Waals surface area contributed by atoms with Crippen molar-refractivity contribution in [3.05, 3.63) is 46.2 Å². The SMILES string of the molecule is Cc1ccc(Cl)c(OCCN2CCCn3nc(C(O)CO)cc3C2)c1. The van der Waals surface area contributed by atoms with Gasteiger partial charge in [0.25, 0.3) is 0 Å². The largest absolute Gasteiger partial charge is 0.491 e. The van der Waals surface area contributed by atoms with Crippen molar-refractivity contribution in [3.63, 3.8) is 0 Å². The first-order valence-corrected chi connectivity index (χ1v) is 8.91. The van der Waals surface area contributed by atoms with Crippen molar-refractivity contribution in [1.82, 2.24) is 14.7 Å². The monoisotopic (exact) mass is 365 g/mol. The Morgan fingerprint density at radius 2 is 2.16 bits per heavy atom. The van der Waals surface area contributed by atoms with Gasteiger partial charge in [-0.1, -0.05) is 17.7 Å². The van der Waals surface area contributed by atoms with E-state index in [2.05, 4.69) is 10.00 Å². The second-order valence-electron chi connectivity index (χ2n) is 6.39. The number of hydrogen-bond acceptors (Lipinski definition) is 5. The number of ether oxygens (including phenoxy) is 1. The lowest BCUT2D eigenvalue weighted by atomic mass is 10.2. The Morgan fingerprint density at radius 3 is 2.96 bits per heavy atom. The highest BCUT2D eigenvalue weighted by atomic mass is 35.5. The van der Waals surface area contributed by atoms with E-state index in [4.69, 9.17) is 21.4 Å². The molecule has 0 fully saturated rings. The predicted molar refractivity (Wildman–Crippen MR) is 95.9 cm³/mol. The van der Waals surface area contributed by atoms with Crippen molar-refractivity contribution in [2.45, 2.75) is 32.5 Å². The van der Waals surface area contributed by atoms with Crippen molar-refractivity contribution in [3.8, 4) is 5.75 Å². The van der Waals surface area contributed by atoms with E-state index >= 15 is 0 Å². The zero-order valence-electron chi connectivity index (χ0n) is 14.4. The Morgan fingerprint density at radius 1 is 1.32 bits per heavy atom. The summed E-state index contributed by atoms with van der Waals surface area (Å²) >= 11 is 6.16. The van der Waals surface area contributed by atoms with E-state index in [0.717, 1.165) is 49.6 Å². The average molecular weight is 366 g/mol. The van der Waals surface area contributed by atoms with Crippen molar-refractivity contribution in [2.75, 3.05) is 26.3 Å². The molecule has 0 amide bonds. The normalized spacial score (nSPS) is 16.3. The second-order valence-corrected chi connectivity index (χ2v) is 6.80. The summed E-state index contributed by atoms with van der Waals surface area (Å²) < 4.78 is 7.76. The van der Waals surface area contributed by atoms with Crippen molar-refractivity contribution in [1.29, 1.82) is 0 Å². The number of aliphatic hydroxyl groups is 2. The standard InChI is InChI=1S/C18H24ClN3O3/c1-13-3-4-15(19)18(9-13)25-8-7-21-5-2-6-22-14(11-21)10-16(20-22)17(24)12-23/h3-4,9-10,17,23-24H,2,5-8,11-12H2,1H3. The predicted octanol–water partition coefficient (Wildman–Crippen LogP) is 2.16. The molecule has 6 nitrogen and oxygen atoms in total. The van der Waals surface area contributed by atoms with Gasteiger partial charge in [-0.2, -0.15) is 5.10 Å². The number of fused-ring (bicyclic) bond motifs is 1. The van der Waals surface area contributed by atoms with Crippen LogP contribution in [0.5, 0.6) is 5.75 Å². The topological polar surface area (TPSA) is 70.8 Å². The first-order chi connectivity index (χ1) is 12.1. The van der Waals surface area contributed by atoms with Gasteiger partial charge >= 0.3 is 0 Å². The van der Waals surface area contributed by atoms with Gasteiger partial charge in [-0.3, -0.25) is 9.58 Å². The number of hydrogen-bond donors (Lipinski definition) is 2. The maximum absolute atomic E-state index is 9.76. The molecule has 0 aliphatic carbocycles. The number of nitrogens with zero attached hydrogens (tertiary/aromatic N) is 3. The molecular formula is C18H24ClN3O3. The van der Waals surface area contributed by atoms with Gasteiger partial charge < -0.3 is 14.9 Å². The van der Waals surface area contributed by atoms with E-state index in [1.807, 2.05) is 35.9 Å². The molecule has 2 N–H and O–H groups in total. The Labute approximate surface area is 152 Å². The Bertz CT molecular complexity index is 720. The van der Waals surface area contributed by atoms with Gasteiger partial charge in [0.1, 0.15) is 18.5 Å². The molecule has 1 aliphatic heterocycles. The van der Waals surface area contributed by atoms with E-state index in [-0.39, 0.29) is 6.61 Å². The van der Waals surface area contributed by atoms with Crippen LogP contribution >= 0.6 is 11.6 Å². The van der Waals surface area contributed by atoms with E-state index < -0.39 is 6.10 Å². The highest BCUT2D eigenvalue weighted by Crippen LogP contribution is 2.25. The summed E-state index contributed by atoms with van der Waals surface area (Å²) in [7, 11) is 0. The van der Waals surface area contributed by atoms with Crippen LogP contribution in [0, 0.1) is 6.92 Å². The lowest BCUT2D eigenvalue weighted by molar-refractivity contribution is 0.0916. The molecule has 0 bridgehead atoms. The van der Waals surface area contributed by atoms with Crippen LogP contribution in [0.25, 0.3) is 0 Å². The van der Waals surface area contributed by atoms with E-state index in [1.54, 1.807) is 0 Å². The van der Waals surface area contributed by atoms with Gasteiger partial charge in [-0.25, -0.2) is 0 Å². The summed E-state index contributed by atoms with van der Waals surface area (Å²) in [6, 6.07) is 7.63. The van der Waals surface area contributed by atoms with Gasteiger partial charge in [0, 0.05) is 26.2 Å². The zero-order valence-corrected chi connectivity index (χ0v) is 15.1. The minimum atomic E-state index is -0.917. The molecule has 0 radical (unpaired) electrons. The maximum atomic E-state index is 9.76. The Kier molecular flexibility index (Phi) is 5.96. The Balaban J connectivity index is 1.58. The van der Waals surface area contributed by atoms with Crippen LogP contribution in [-0.4, -0.2) is 51.2 Å². The highest BCUT2D eigenvalue weighted by molar-refractivity contribution is 6.32. The van der Waals surface area contributed by atoms with Crippen LogP contribution < -0.4 is 4.74 Å². The molecule has 0 saturated heterocycles. The van der Waals surface area contributed by atoms with Crippen LogP contribution in [0.2, 0.25) is 5.02 Å². The molecule has 1 aliphatic rings. The molecule has 2 heterocycles. The first kappa shape index (κ1) is 18.2. The molecule has 0 spiro atoms. The molecular weight excluding hydrogens is 342 g/mol. The molecule has 1 atom stereocenters.